The molecule has 0 aliphatic rings. The van der Waals surface area contributed by atoms with Crippen molar-refractivity contribution in [2.24, 2.45) is 0 Å². The number of ether oxygens (including phenoxy) is 2. The fraction of sp³-hybridized carbons (Fsp3) is 0.0833. The summed E-state index contributed by atoms with van der Waals surface area (Å²) in [4.78, 5) is 24.0. The molecule has 5 nitrogen and oxygen atoms in total. The van der Waals surface area contributed by atoms with E-state index in [2.05, 4.69) is 17.2 Å². The lowest BCUT2D eigenvalue weighted by atomic mass is 10.1. The molecule has 0 fully saturated rings. The molecule has 0 saturated heterocycles. The zero-order chi connectivity index (χ0) is 20.6. The zero-order valence-electron chi connectivity index (χ0n) is 16.1. The molecular formula is C24H19NO4. The molecule has 0 aliphatic heterocycles. The molecule has 1 amide bonds. The number of methoxy groups -OCH3 is 2. The second kappa shape index (κ2) is 9.25. The van der Waals surface area contributed by atoms with Gasteiger partial charge in [0.15, 0.2) is 0 Å². The highest BCUT2D eigenvalue weighted by Gasteiger charge is 2.07. The molecule has 3 aromatic rings. The van der Waals surface area contributed by atoms with Gasteiger partial charge in [0.05, 0.1) is 19.8 Å². The predicted molar refractivity (Wildman–Crippen MR) is 111 cm³/mol. The van der Waals surface area contributed by atoms with Gasteiger partial charge in [-0.3, -0.25) is 4.79 Å². The Bertz CT molecular complexity index is 1090. The summed E-state index contributed by atoms with van der Waals surface area (Å²) in [6, 6.07) is 21.0. The summed E-state index contributed by atoms with van der Waals surface area (Å²) in [6.45, 7) is 0. The standard InChI is InChI=1S/C24H19NO4/c1-28-22-13-11-19(12-14-22)23(26)25-21-8-4-6-18(16-21)10-9-17-5-3-7-20(15-17)24(27)29-2/h3-8,11-16H,1-2H3,(H,25,26). The van der Waals surface area contributed by atoms with Crippen LogP contribution in [0.25, 0.3) is 0 Å². The Labute approximate surface area is 169 Å². The van der Waals surface area contributed by atoms with Crippen LogP contribution in [0, 0.1) is 11.8 Å². The van der Waals surface area contributed by atoms with Gasteiger partial charge in [0, 0.05) is 22.4 Å². The molecule has 0 aliphatic carbocycles. The van der Waals surface area contributed by atoms with Crippen LogP contribution < -0.4 is 10.1 Å². The van der Waals surface area contributed by atoms with Crippen LogP contribution in [-0.2, 0) is 4.74 Å². The first kappa shape index (κ1) is 19.7. The number of nitrogens with one attached hydrogen (secondary N) is 1. The third-order valence-electron chi connectivity index (χ3n) is 4.11. The van der Waals surface area contributed by atoms with Gasteiger partial charge in [-0.05, 0) is 60.7 Å². The second-order valence-corrected chi connectivity index (χ2v) is 6.09. The highest BCUT2D eigenvalue weighted by molar-refractivity contribution is 6.04. The highest BCUT2D eigenvalue weighted by Crippen LogP contribution is 2.15. The topological polar surface area (TPSA) is 64.6 Å². The van der Waals surface area contributed by atoms with Gasteiger partial charge in [-0.2, -0.15) is 0 Å². The number of rotatable bonds is 4. The molecular weight excluding hydrogens is 366 g/mol. The normalized spacial score (nSPS) is 9.72. The van der Waals surface area contributed by atoms with Crippen molar-refractivity contribution in [2.75, 3.05) is 19.5 Å². The number of amides is 1. The molecule has 144 valence electrons. The van der Waals surface area contributed by atoms with Crippen molar-refractivity contribution in [2.45, 2.75) is 0 Å². The van der Waals surface area contributed by atoms with Crippen LogP contribution in [0.5, 0.6) is 5.75 Å². The zero-order valence-corrected chi connectivity index (χ0v) is 16.1. The van der Waals surface area contributed by atoms with Crippen molar-refractivity contribution < 1.29 is 19.1 Å². The van der Waals surface area contributed by atoms with Crippen LogP contribution in [-0.4, -0.2) is 26.1 Å². The van der Waals surface area contributed by atoms with Crippen molar-refractivity contribution in [1.82, 2.24) is 0 Å². The third-order valence-corrected chi connectivity index (χ3v) is 4.11. The Morgan fingerprint density at radius 3 is 2.10 bits per heavy atom. The summed E-state index contributed by atoms with van der Waals surface area (Å²) in [5.41, 5.74) is 3.05. The quantitative estimate of drug-likeness (QED) is 0.542. The van der Waals surface area contributed by atoms with Crippen molar-refractivity contribution in [1.29, 1.82) is 0 Å². The summed E-state index contributed by atoms with van der Waals surface area (Å²) in [7, 11) is 2.92. The van der Waals surface area contributed by atoms with E-state index in [0.29, 0.717) is 28.1 Å². The SMILES string of the molecule is COC(=O)c1cccc(C#Cc2cccc(NC(=O)c3ccc(OC)cc3)c2)c1. The lowest BCUT2D eigenvalue weighted by Gasteiger charge is -2.06. The van der Waals surface area contributed by atoms with Gasteiger partial charge in [-0.25, -0.2) is 4.79 Å². The van der Waals surface area contributed by atoms with Gasteiger partial charge in [0.2, 0.25) is 0 Å². The number of carbonyl (C=O) groups is 2. The number of esters is 1. The largest absolute Gasteiger partial charge is 0.497 e. The van der Waals surface area contributed by atoms with Crippen molar-refractivity contribution in [3.05, 3.63) is 95.1 Å². The maximum atomic E-state index is 12.4. The first-order valence-corrected chi connectivity index (χ1v) is 8.85. The molecule has 3 aromatic carbocycles. The van der Waals surface area contributed by atoms with E-state index < -0.39 is 5.97 Å². The molecule has 0 radical (unpaired) electrons. The van der Waals surface area contributed by atoms with Crippen LogP contribution in [0.3, 0.4) is 0 Å². The number of hydrogen-bond donors (Lipinski definition) is 1. The molecule has 5 heteroatoms. The van der Waals surface area contributed by atoms with Gasteiger partial charge in [-0.15, -0.1) is 0 Å². The van der Waals surface area contributed by atoms with Gasteiger partial charge in [0.25, 0.3) is 5.91 Å². The molecule has 0 heterocycles. The molecule has 0 unspecified atom stereocenters. The van der Waals surface area contributed by atoms with E-state index in [1.807, 2.05) is 18.2 Å². The van der Waals surface area contributed by atoms with E-state index in [1.54, 1.807) is 61.7 Å². The van der Waals surface area contributed by atoms with Crippen molar-refractivity contribution in [3.63, 3.8) is 0 Å². The van der Waals surface area contributed by atoms with Gasteiger partial charge in [0.1, 0.15) is 5.75 Å². The third kappa shape index (κ3) is 5.24. The lowest BCUT2D eigenvalue weighted by molar-refractivity contribution is 0.0600. The summed E-state index contributed by atoms with van der Waals surface area (Å²) in [5.74, 6) is 6.13. The summed E-state index contributed by atoms with van der Waals surface area (Å²) in [5, 5.41) is 2.86. The first-order valence-electron chi connectivity index (χ1n) is 8.85. The van der Waals surface area contributed by atoms with E-state index in [-0.39, 0.29) is 5.91 Å². The van der Waals surface area contributed by atoms with Gasteiger partial charge >= 0.3 is 5.97 Å². The average Bonchev–Trinajstić information content (AvgIpc) is 2.77. The molecule has 0 aromatic heterocycles. The Balaban J connectivity index is 1.74. The Morgan fingerprint density at radius 2 is 1.45 bits per heavy atom. The summed E-state index contributed by atoms with van der Waals surface area (Å²) >= 11 is 0. The molecule has 29 heavy (non-hydrogen) atoms. The smallest absolute Gasteiger partial charge is 0.337 e. The minimum atomic E-state index is -0.406. The molecule has 1 N–H and O–H groups in total. The number of carbonyl (C=O) groups excluding carboxylic acids is 2. The minimum absolute atomic E-state index is 0.219. The fourth-order valence-electron chi connectivity index (χ4n) is 2.61. The van der Waals surface area contributed by atoms with Crippen LogP contribution >= 0.6 is 0 Å². The van der Waals surface area contributed by atoms with Crippen molar-refractivity contribution in [3.8, 4) is 17.6 Å². The number of anilines is 1. The van der Waals surface area contributed by atoms with Crippen LogP contribution in [0.2, 0.25) is 0 Å². The summed E-state index contributed by atoms with van der Waals surface area (Å²) in [6.07, 6.45) is 0. The molecule has 0 bridgehead atoms. The average molecular weight is 385 g/mol. The summed E-state index contributed by atoms with van der Waals surface area (Å²) < 4.78 is 9.82. The minimum Gasteiger partial charge on any atom is -0.497 e. The molecule has 3 rings (SSSR count). The Kier molecular flexibility index (Phi) is 6.29. The highest BCUT2D eigenvalue weighted by atomic mass is 16.5. The predicted octanol–water partition coefficient (Wildman–Crippen LogP) is 4.13. The lowest BCUT2D eigenvalue weighted by Crippen LogP contribution is -2.11. The molecule has 0 spiro atoms. The van der Waals surface area contributed by atoms with Crippen molar-refractivity contribution >= 4 is 17.6 Å². The van der Waals surface area contributed by atoms with Gasteiger partial charge < -0.3 is 14.8 Å². The first-order chi connectivity index (χ1) is 14.1. The van der Waals surface area contributed by atoms with Crippen LogP contribution in [0.15, 0.2) is 72.8 Å². The monoisotopic (exact) mass is 385 g/mol. The fourth-order valence-corrected chi connectivity index (χ4v) is 2.61. The van der Waals surface area contributed by atoms with E-state index in [1.165, 1.54) is 7.11 Å². The van der Waals surface area contributed by atoms with E-state index in [4.69, 9.17) is 9.47 Å². The molecule has 0 saturated carbocycles. The van der Waals surface area contributed by atoms with Crippen LogP contribution in [0.4, 0.5) is 5.69 Å². The van der Waals surface area contributed by atoms with E-state index in [0.717, 1.165) is 5.56 Å². The van der Waals surface area contributed by atoms with E-state index in [9.17, 15) is 9.59 Å². The second-order valence-electron chi connectivity index (χ2n) is 6.09. The number of hydrogen-bond acceptors (Lipinski definition) is 4. The maximum absolute atomic E-state index is 12.4. The molecule has 0 atom stereocenters. The van der Waals surface area contributed by atoms with Crippen LogP contribution in [0.1, 0.15) is 31.8 Å². The van der Waals surface area contributed by atoms with Gasteiger partial charge in [-0.1, -0.05) is 24.0 Å². The Hall–Kier alpha value is -4.04. The maximum Gasteiger partial charge on any atom is 0.337 e. The Morgan fingerprint density at radius 1 is 0.793 bits per heavy atom. The number of benzene rings is 3. The van der Waals surface area contributed by atoms with E-state index >= 15 is 0 Å².